The molecule has 0 aliphatic carbocycles. The van der Waals surface area contributed by atoms with Crippen molar-refractivity contribution in [1.29, 1.82) is 0 Å². The van der Waals surface area contributed by atoms with E-state index in [9.17, 15) is 5.11 Å². The summed E-state index contributed by atoms with van der Waals surface area (Å²) < 4.78 is 0. The molecule has 0 saturated carbocycles. The molecule has 1 aromatic heterocycles. The van der Waals surface area contributed by atoms with E-state index in [-0.39, 0.29) is 17.9 Å². The van der Waals surface area contributed by atoms with E-state index in [4.69, 9.17) is 0 Å². The van der Waals surface area contributed by atoms with Crippen molar-refractivity contribution in [3.8, 4) is 0 Å². The van der Waals surface area contributed by atoms with Gasteiger partial charge in [0.1, 0.15) is 5.82 Å². The monoisotopic (exact) mass is 289 g/mol. The third kappa shape index (κ3) is 3.62. The summed E-state index contributed by atoms with van der Waals surface area (Å²) >= 11 is 0. The lowest BCUT2D eigenvalue weighted by Crippen LogP contribution is -2.32. The van der Waals surface area contributed by atoms with Gasteiger partial charge in [0.15, 0.2) is 0 Å². The summed E-state index contributed by atoms with van der Waals surface area (Å²) in [6.45, 7) is 12.7. The van der Waals surface area contributed by atoms with Crippen molar-refractivity contribution >= 4 is 5.69 Å². The zero-order chi connectivity index (χ0) is 15.6. The highest BCUT2D eigenvalue weighted by atomic mass is 16.3. The molecule has 0 radical (unpaired) electrons. The van der Waals surface area contributed by atoms with Crippen molar-refractivity contribution in [2.24, 2.45) is 5.41 Å². The molecular weight excluding hydrogens is 262 g/mol. The van der Waals surface area contributed by atoms with Gasteiger partial charge in [-0.2, -0.15) is 0 Å². The number of aliphatic hydroxyl groups excluding tert-OH is 1. The van der Waals surface area contributed by atoms with Gasteiger partial charge >= 0.3 is 0 Å². The summed E-state index contributed by atoms with van der Waals surface area (Å²) in [6.07, 6.45) is 5.23. The van der Waals surface area contributed by atoms with E-state index in [2.05, 4.69) is 55.6 Å². The van der Waals surface area contributed by atoms with Crippen molar-refractivity contribution in [2.75, 3.05) is 18.0 Å². The lowest BCUT2D eigenvalue weighted by atomic mass is 9.83. The number of aliphatic hydroxyl groups is 1. The predicted octanol–water partition coefficient (Wildman–Crippen LogP) is 3.27. The number of nitrogens with zero attached hydrogens (tertiary/aromatic N) is 3. The summed E-state index contributed by atoms with van der Waals surface area (Å²) in [5.74, 6) is 1.07. The van der Waals surface area contributed by atoms with Crippen LogP contribution in [-0.4, -0.2) is 28.2 Å². The quantitative estimate of drug-likeness (QED) is 0.868. The molecule has 0 bridgehead atoms. The molecule has 2 heterocycles. The first kappa shape index (κ1) is 16.0. The van der Waals surface area contributed by atoms with Gasteiger partial charge in [0.2, 0.25) is 0 Å². The summed E-state index contributed by atoms with van der Waals surface area (Å²) in [4.78, 5) is 11.2. The van der Waals surface area contributed by atoms with Crippen LogP contribution in [0.3, 0.4) is 0 Å². The van der Waals surface area contributed by atoms with Crippen LogP contribution in [0.1, 0.15) is 58.5 Å². The number of anilines is 1. The Morgan fingerprint density at radius 2 is 2.05 bits per heavy atom. The number of aromatic nitrogens is 2. The molecule has 1 N–H and O–H groups in total. The second kappa shape index (κ2) is 6.14. The van der Waals surface area contributed by atoms with E-state index < -0.39 is 0 Å². The highest BCUT2D eigenvalue weighted by Crippen LogP contribution is 2.32. The van der Waals surface area contributed by atoms with Gasteiger partial charge in [0.25, 0.3) is 0 Å². The minimum absolute atomic E-state index is 0.0378. The molecule has 1 aliphatic rings. The van der Waals surface area contributed by atoms with Crippen LogP contribution in [-0.2, 0) is 6.61 Å². The van der Waals surface area contributed by atoms with Crippen molar-refractivity contribution < 1.29 is 5.11 Å². The van der Waals surface area contributed by atoms with E-state index in [1.54, 1.807) is 0 Å². The topological polar surface area (TPSA) is 49.2 Å². The third-order valence-corrected chi connectivity index (χ3v) is 4.04. The van der Waals surface area contributed by atoms with E-state index in [0.29, 0.717) is 0 Å². The van der Waals surface area contributed by atoms with Gasteiger partial charge in [-0.15, -0.1) is 0 Å². The molecule has 0 unspecified atom stereocenters. The lowest BCUT2D eigenvalue weighted by molar-refractivity contribution is 0.276. The molecule has 4 heteroatoms. The Hall–Kier alpha value is -1.42. The van der Waals surface area contributed by atoms with Gasteiger partial charge in [0.05, 0.1) is 24.2 Å². The van der Waals surface area contributed by atoms with E-state index >= 15 is 0 Å². The largest absolute Gasteiger partial charge is 0.390 e. The fourth-order valence-corrected chi connectivity index (χ4v) is 2.65. The van der Waals surface area contributed by atoms with Crippen LogP contribution in [0.15, 0.2) is 17.8 Å². The molecule has 0 fully saturated rings. The van der Waals surface area contributed by atoms with Crippen LogP contribution >= 0.6 is 0 Å². The first-order valence-corrected chi connectivity index (χ1v) is 7.74. The van der Waals surface area contributed by atoms with Crippen LogP contribution in [0, 0.1) is 5.41 Å². The highest BCUT2D eigenvalue weighted by molar-refractivity contribution is 5.51. The standard InChI is InChI=1S/C17H27N3O/c1-12(2)16-18-10-15(14(11-21)19-16)20-8-6-13(7-9-20)17(3,4)5/h6,10,12,21H,7-9,11H2,1-5H3. The maximum Gasteiger partial charge on any atom is 0.131 e. The van der Waals surface area contributed by atoms with Crippen LogP contribution in [0.4, 0.5) is 5.69 Å². The SMILES string of the molecule is CC(C)c1ncc(N2CC=C(C(C)(C)C)CC2)c(CO)n1. The minimum atomic E-state index is -0.0378. The van der Waals surface area contributed by atoms with Gasteiger partial charge in [-0.05, 0) is 11.8 Å². The molecule has 0 amide bonds. The Balaban J connectivity index is 2.22. The van der Waals surface area contributed by atoms with Crippen LogP contribution in [0.2, 0.25) is 0 Å². The Kier molecular flexibility index (Phi) is 4.67. The van der Waals surface area contributed by atoms with Crippen molar-refractivity contribution in [2.45, 2.75) is 53.6 Å². The minimum Gasteiger partial charge on any atom is -0.390 e. The average Bonchev–Trinajstić information content (AvgIpc) is 2.45. The van der Waals surface area contributed by atoms with E-state index in [1.807, 2.05) is 6.20 Å². The van der Waals surface area contributed by atoms with Crippen molar-refractivity contribution in [3.63, 3.8) is 0 Å². The Morgan fingerprint density at radius 1 is 1.33 bits per heavy atom. The Bertz CT molecular complexity index is 529. The fourth-order valence-electron chi connectivity index (χ4n) is 2.65. The maximum atomic E-state index is 9.60. The summed E-state index contributed by atoms with van der Waals surface area (Å²) in [5.41, 5.74) is 3.45. The lowest BCUT2D eigenvalue weighted by Gasteiger charge is -2.34. The predicted molar refractivity (Wildman–Crippen MR) is 86.4 cm³/mol. The fraction of sp³-hybridized carbons (Fsp3) is 0.647. The van der Waals surface area contributed by atoms with Gasteiger partial charge in [-0.3, -0.25) is 0 Å². The molecule has 1 aliphatic heterocycles. The molecule has 21 heavy (non-hydrogen) atoms. The summed E-state index contributed by atoms with van der Waals surface area (Å²) in [6, 6.07) is 0. The second-order valence-electron chi connectivity index (χ2n) is 7.05. The van der Waals surface area contributed by atoms with Gasteiger partial charge in [0, 0.05) is 19.0 Å². The van der Waals surface area contributed by atoms with Gasteiger partial charge in [-0.25, -0.2) is 9.97 Å². The van der Waals surface area contributed by atoms with E-state index in [1.165, 1.54) is 5.57 Å². The number of rotatable bonds is 3. The zero-order valence-corrected chi connectivity index (χ0v) is 13.8. The van der Waals surface area contributed by atoms with Crippen LogP contribution in [0.25, 0.3) is 0 Å². The normalized spacial score (nSPS) is 16.3. The Morgan fingerprint density at radius 3 is 2.52 bits per heavy atom. The first-order chi connectivity index (χ1) is 9.82. The molecule has 0 atom stereocenters. The third-order valence-electron chi connectivity index (χ3n) is 4.04. The van der Waals surface area contributed by atoms with Crippen molar-refractivity contribution in [1.82, 2.24) is 9.97 Å². The summed E-state index contributed by atoms with van der Waals surface area (Å²) in [7, 11) is 0. The molecule has 4 nitrogen and oxygen atoms in total. The van der Waals surface area contributed by atoms with E-state index in [0.717, 1.165) is 36.7 Å². The first-order valence-electron chi connectivity index (χ1n) is 7.74. The average molecular weight is 289 g/mol. The number of hydrogen-bond donors (Lipinski definition) is 1. The maximum absolute atomic E-state index is 9.60. The molecule has 116 valence electrons. The molecule has 0 spiro atoms. The molecule has 1 aromatic rings. The molecule has 2 rings (SSSR count). The Labute approximate surface area is 127 Å². The highest BCUT2D eigenvalue weighted by Gasteiger charge is 2.23. The summed E-state index contributed by atoms with van der Waals surface area (Å²) in [5, 5.41) is 9.60. The van der Waals surface area contributed by atoms with Crippen LogP contribution in [0.5, 0.6) is 0 Å². The molecular formula is C17H27N3O. The van der Waals surface area contributed by atoms with Crippen LogP contribution < -0.4 is 4.90 Å². The van der Waals surface area contributed by atoms with Gasteiger partial charge < -0.3 is 10.0 Å². The zero-order valence-electron chi connectivity index (χ0n) is 13.8. The van der Waals surface area contributed by atoms with Crippen molar-refractivity contribution in [3.05, 3.63) is 29.4 Å². The second-order valence-corrected chi connectivity index (χ2v) is 7.05. The molecule has 0 saturated heterocycles. The smallest absolute Gasteiger partial charge is 0.131 e. The number of hydrogen-bond acceptors (Lipinski definition) is 4. The molecule has 0 aromatic carbocycles. The van der Waals surface area contributed by atoms with Gasteiger partial charge in [-0.1, -0.05) is 46.3 Å².